The first kappa shape index (κ1) is 15.8. The molecule has 0 spiro atoms. The molecule has 3 rings (SSSR count). The van der Waals surface area contributed by atoms with Crippen molar-refractivity contribution in [3.63, 3.8) is 0 Å². The van der Waals surface area contributed by atoms with Crippen LogP contribution in [0.3, 0.4) is 0 Å². The van der Waals surface area contributed by atoms with Crippen molar-refractivity contribution in [1.29, 1.82) is 0 Å². The average Bonchev–Trinajstić information content (AvgIpc) is 3.13. The van der Waals surface area contributed by atoms with E-state index in [4.69, 9.17) is 9.47 Å². The second-order valence-electron chi connectivity index (χ2n) is 6.04. The number of rotatable bonds is 5. The highest BCUT2D eigenvalue weighted by molar-refractivity contribution is 5.92. The zero-order valence-corrected chi connectivity index (χ0v) is 13.2. The summed E-state index contributed by atoms with van der Waals surface area (Å²) in [5, 5.41) is 6.11. The van der Waals surface area contributed by atoms with Crippen molar-refractivity contribution in [2.24, 2.45) is 11.8 Å². The summed E-state index contributed by atoms with van der Waals surface area (Å²) in [6.45, 7) is 3.53. The molecule has 1 heterocycles. The van der Waals surface area contributed by atoms with E-state index in [9.17, 15) is 9.59 Å². The lowest BCUT2D eigenvalue weighted by Gasteiger charge is -2.15. The Balaban J connectivity index is 1.51. The number of amides is 1. The average molecular weight is 318 g/mol. The number of carbonyl (C=O) groups excluding carboxylic acids is 2. The minimum absolute atomic E-state index is 0.316. The van der Waals surface area contributed by atoms with Gasteiger partial charge in [0.05, 0.1) is 18.8 Å². The molecule has 6 heteroatoms. The van der Waals surface area contributed by atoms with Gasteiger partial charge in [-0.1, -0.05) is 6.07 Å². The van der Waals surface area contributed by atoms with Crippen molar-refractivity contribution in [3.05, 3.63) is 29.8 Å². The second kappa shape index (κ2) is 7.00. The molecule has 2 N–H and O–H groups in total. The predicted molar refractivity (Wildman–Crippen MR) is 85.4 cm³/mol. The van der Waals surface area contributed by atoms with Gasteiger partial charge < -0.3 is 14.8 Å². The fraction of sp³-hybridized carbons (Fsp3) is 0.529. The highest BCUT2D eigenvalue weighted by Crippen LogP contribution is 2.36. The topological polar surface area (TPSA) is 76.7 Å². The zero-order valence-electron chi connectivity index (χ0n) is 13.2. The van der Waals surface area contributed by atoms with Gasteiger partial charge in [0.15, 0.2) is 0 Å². The van der Waals surface area contributed by atoms with Gasteiger partial charge in [-0.05, 0) is 50.4 Å². The van der Waals surface area contributed by atoms with E-state index in [0.717, 1.165) is 6.54 Å². The normalized spacial score (nSPS) is 25.2. The number of nitrogens with one attached hydrogen (secondary N) is 2. The maximum atomic E-state index is 11.9. The molecule has 1 aromatic carbocycles. The number of ether oxygens (including phenoxy) is 2. The Hall–Kier alpha value is -2.08. The lowest BCUT2D eigenvalue weighted by atomic mass is 9.99. The Morgan fingerprint density at radius 1 is 1.30 bits per heavy atom. The number of piperidine rings is 1. The molecule has 3 atom stereocenters. The van der Waals surface area contributed by atoms with Gasteiger partial charge in [-0.2, -0.15) is 0 Å². The monoisotopic (exact) mass is 318 g/mol. The highest BCUT2D eigenvalue weighted by atomic mass is 16.5. The number of esters is 1. The maximum absolute atomic E-state index is 11.9. The number of hydrogen-bond donors (Lipinski definition) is 2. The molecule has 124 valence electrons. The summed E-state index contributed by atoms with van der Waals surface area (Å²) < 4.78 is 10.3. The third-order valence-electron chi connectivity index (χ3n) is 4.64. The van der Waals surface area contributed by atoms with E-state index in [0.29, 0.717) is 42.3 Å². The third kappa shape index (κ3) is 3.64. The molecule has 23 heavy (non-hydrogen) atoms. The van der Waals surface area contributed by atoms with Gasteiger partial charge in [-0.3, -0.25) is 5.32 Å². The molecule has 6 nitrogen and oxygen atoms in total. The lowest BCUT2D eigenvalue weighted by Crippen LogP contribution is -2.28. The summed E-state index contributed by atoms with van der Waals surface area (Å²) in [4.78, 5) is 23.6. The standard InChI is InChI=1S/C17H22N2O4/c1-2-22-16(20)11-4-3-5-13(8-11)19-17(21)23-10-14-12-6-7-15(14)18-9-12/h3-5,8,12,14-15,18H,2,6-7,9-10H2,1H3,(H,19,21). The van der Waals surface area contributed by atoms with Crippen LogP contribution in [0.2, 0.25) is 0 Å². The molecule has 2 aliphatic rings. The van der Waals surface area contributed by atoms with E-state index >= 15 is 0 Å². The largest absolute Gasteiger partial charge is 0.462 e. The Kier molecular flexibility index (Phi) is 4.81. The second-order valence-corrected chi connectivity index (χ2v) is 6.04. The number of anilines is 1. The molecule has 1 saturated carbocycles. The van der Waals surface area contributed by atoms with Crippen molar-refractivity contribution in [2.45, 2.75) is 25.8 Å². The molecule has 1 aromatic rings. The van der Waals surface area contributed by atoms with Gasteiger partial charge in [0, 0.05) is 17.6 Å². The lowest BCUT2D eigenvalue weighted by molar-refractivity contribution is 0.0526. The Labute approximate surface area is 135 Å². The van der Waals surface area contributed by atoms with Gasteiger partial charge in [0.25, 0.3) is 0 Å². The predicted octanol–water partition coefficient (Wildman–Crippen LogP) is 2.41. The van der Waals surface area contributed by atoms with E-state index in [2.05, 4.69) is 10.6 Å². The van der Waals surface area contributed by atoms with Gasteiger partial charge in [-0.15, -0.1) is 0 Å². The van der Waals surface area contributed by atoms with Crippen molar-refractivity contribution < 1.29 is 19.1 Å². The van der Waals surface area contributed by atoms with Gasteiger partial charge in [-0.25, -0.2) is 9.59 Å². The summed E-state index contributed by atoms with van der Waals surface area (Å²) >= 11 is 0. The van der Waals surface area contributed by atoms with Crippen molar-refractivity contribution in [2.75, 3.05) is 25.1 Å². The van der Waals surface area contributed by atoms with Crippen molar-refractivity contribution in [3.8, 4) is 0 Å². The van der Waals surface area contributed by atoms with E-state index in [1.165, 1.54) is 12.8 Å². The van der Waals surface area contributed by atoms with Crippen LogP contribution in [0.1, 0.15) is 30.1 Å². The Bertz CT molecular complexity index is 570. The van der Waals surface area contributed by atoms with E-state index in [-0.39, 0.29) is 0 Å². The van der Waals surface area contributed by atoms with Crippen molar-refractivity contribution in [1.82, 2.24) is 5.32 Å². The molecule has 1 aliphatic carbocycles. The highest BCUT2D eigenvalue weighted by Gasteiger charge is 2.41. The summed E-state index contributed by atoms with van der Waals surface area (Å²) in [6.07, 6.45) is 1.90. The molecule has 1 amide bonds. The summed E-state index contributed by atoms with van der Waals surface area (Å²) in [7, 11) is 0. The summed E-state index contributed by atoms with van der Waals surface area (Å²) in [6, 6.07) is 7.13. The molecular weight excluding hydrogens is 296 g/mol. The zero-order chi connectivity index (χ0) is 16.2. The van der Waals surface area contributed by atoms with Gasteiger partial charge >= 0.3 is 12.1 Å². The Morgan fingerprint density at radius 2 is 2.17 bits per heavy atom. The van der Waals surface area contributed by atoms with E-state index in [1.54, 1.807) is 31.2 Å². The van der Waals surface area contributed by atoms with E-state index in [1.807, 2.05) is 0 Å². The number of benzene rings is 1. The number of hydrogen-bond acceptors (Lipinski definition) is 5. The van der Waals surface area contributed by atoms with E-state index < -0.39 is 12.1 Å². The molecule has 0 aromatic heterocycles. The first-order valence-corrected chi connectivity index (χ1v) is 8.11. The molecule has 2 bridgehead atoms. The van der Waals surface area contributed by atoms with Crippen LogP contribution in [0.4, 0.5) is 10.5 Å². The van der Waals surface area contributed by atoms with Crippen LogP contribution in [0.15, 0.2) is 24.3 Å². The summed E-state index contributed by atoms with van der Waals surface area (Å²) in [5.41, 5.74) is 0.927. The number of fused-ring (bicyclic) bond motifs is 2. The molecule has 3 unspecified atom stereocenters. The molecule has 1 aliphatic heterocycles. The fourth-order valence-electron chi connectivity index (χ4n) is 3.48. The smallest absolute Gasteiger partial charge is 0.411 e. The Morgan fingerprint density at radius 3 is 2.83 bits per heavy atom. The maximum Gasteiger partial charge on any atom is 0.411 e. The van der Waals surface area contributed by atoms with Crippen molar-refractivity contribution >= 4 is 17.7 Å². The molecular formula is C17H22N2O4. The van der Waals surface area contributed by atoms with Gasteiger partial charge in [0.1, 0.15) is 0 Å². The van der Waals surface area contributed by atoms with Crippen LogP contribution in [0.5, 0.6) is 0 Å². The summed E-state index contributed by atoms with van der Waals surface area (Å²) in [5.74, 6) is 0.643. The van der Waals surface area contributed by atoms with Crippen LogP contribution >= 0.6 is 0 Å². The fourth-order valence-corrected chi connectivity index (χ4v) is 3.48. The minimum Gasteiger partial charge on any atom is -0.462 e. The minimum atomic E-state index is -0.489. The quantitative estimate of drug-likeness (QED) is 0.815. The molecule has 1 saturated heterocycles. The van der Waals surface area contributed by atoms with Gasteiger partial charge in [0.2, 0.25) is 0 Å². The van der Waals surface area contributed by atoms with Crippen LogP contribution in [0, 0.1) is 11.8 Å². The first-order chi connectivity index (χ1) is 11.2. The van der Waals surface area contributed by atoms with Crippen LogP contribution < -0.4 is 10.6 Å². The number of carbonyl (C=O) groups is 2. The molecule has 0 radical (unpaired) electrons. The third-order valence-corrected chi connectivity index (χ3v) is 4.64. The van der Waals surface area contributed by atoms with Crippen LogP contribution in [-0.2, 0) is 9.47 Å². The first-order valence-electron chi connectivity index (χ1n) is 8.11. The van der Waals surface area contributed by atoms with Crippen LogP contribution in [-0.4, -0.2) is 37.9 Å². The molecule has 2 fully saturated rings. The van der Waals surface area contributed by atoms with Crippen LogP contribution in [0.25, 0.3) is 0 Å². The SMILES string of the molecule is CCOC(=O)c1cccc(NC(=O)OCC2C3CCC2NC3)c1.